The lowest BCUT2D eigenvalue weighted by Gasteiger charge is -2.48. The van der Waals surface area contributed by atoms with E-state index in [1.165, 1.54) is 0 Å². The number of carbonyl (C=O) groups is 1. The van der Waals surface area contributed by atoms with Gasteiger partial charge in [-0.1, -0.05) is 24.3 Å². The topological polar surface area (TPSA) is 62.3 Å². The number of methoxy groups -OCH3 is 1. The quantitative estimate of drug-likeness (QED) is 0.628. The van der Waals surface area contributed by atoms with Gasteiger partial charge in [0.1, 0.15) is 16.5 Å². The van der Waals surface area contributed by atoms with Crippen LogP contribution in [-0.2, 0) is 15.5 Å². The van der Waals surface area contributed by atoms with Crippen LogP contribution in [0.25, 0.3) is 20.8 Å². The van der Waals surface area contributed by atoms with Gasteiger partial charge in [0.25, 0.3) is 0 Å². The Morgan fingerprint density at radius 3 is 2.46 bits per heavy atom. The van der Waals surface area contributed by atoms with Gasteiger partial charge in [-0.2, -0.15) is 0 Å². The lowest BCUT2D eigenvalue weighted by atomic mass is 9.76. The lowest BCUT2D eigenvalue weighted by Crippen LogP contribution is -2.58. The van der Waals surface area contributed by atoms with Gasteiger partial charge >= 0.3 is 0 Å². The van der Waals surface area contributed by atoms with Crippen molar-refractivity contribution in [1.29, 1.82) is 0 Å². The van der Waals surface area contributed by atoms with E-state index in [4.69, 9.17) is 9.72 Å². The molecule has 0 N–H and O–H groups in total. The summed E-state index contributed by atoms with van der Waals surface area (Å²) in [5, 5.41) is 15.0. The van der Waals surface area contributed by atoms with Crippen LogP contribution in [0.2, 0.25) is 0 Å². The van der Waals surface area contributed by atoms with Gasteiger partial charge in [0.2, 0.25) is 0 Å². The number of hydrogen-bond donors (Lipinski definition) is 0. The highest BCUT2D eigenvalue weighted by molar-refractivity contribution is 7.21. The molecule has 1 radical (unpaired) electrons. The molecule has 0 spiro atoms. The normalized spacial score (nSPS) is 22.5. The van der Waals surface area contributed by atoms with E-state index < -0.39 is 11.1 Å². The molecule has 1 fully saturated rings. The molecule has 5 nitrogen and oxygen atoms in total. The zero-order valence-electron chi connectivity index (χ0n) is 16.5. The summed E-state index contributed by atoms with van der Waals surface area (Å²) in [4.78, 5) is 17.0. The molecule has 4 rings (SSSR count). The second kappa shape index (κ2) is 6.65. The zero-order valence-corrected chi connectivity index (χ0v) is 17.3. The number of ketones is 1. The number of nitrogens with zero attached hydrogens (tertiary/aromatic N) is 2. The third-order valence-electron chi connectivity index (χ3n) is 5.52. The monoisotopic (exact) mass is 395 g/mol. The summed E-state index contributed by atoms with van der Waals surface area (Å²) in [7, 11) is 1.65. The molecule has 1 saturated heterocycles. The van der Waals surface area contributed by atoms with Crippen LogP contribution in [0, 0.1) is 0 Å². The minimum Gasteiger partial charge on any atom is -0.497 e. The van der Waals surface area contributed by atoms with Crippen molar-refractivity contribution >= 4 is 27.3 Å². The van der Waals surface area contributed by atoms with E-state index in [1.54, 1.807) is 18.4 Å². The molecule has 2 aromatic carbocycles. The fourth-order valence-corrected chi connectivity index (χ4v) is 5.09. The molecule has 1 atom stereocenters. The molecule has 6 heteroatoms. The van der Waals surface area contributed by atoms with Crippen LogP contribution >= 0.6 is 11.3 Å². The van der Waals surface area contributed by atoms with Gasteiger partial charge in [-0.3, -0.25) is 4.79 Å². The highest BCUT2D eigenvalue weighted by Gasteiger charge is 2.49. The van der Waals surface area contributed by atoms with Crippen molar-refractivity contribution in [2.45, 2.75) is 44.7 Å². The van der Waals surface area contributed by atoms with Crippen LogP contribution < -0.4 is 4.74 Å². The van der Waals surface area contributed by atoms with Gasteiger partial charge in [0.05, 0.1) is 28.4 Å². The summed E-state index contributed by atoms with van der Waals surface area (Å²) < 4.78 is 6.35. The number of thiazole rings is 1. The van der Waals surface area contributed by atoms with Crippen molar-refractivity contribution in [2.24, 2.45) is 0 Å². The van der Waals surface area contributed by atoms with Gasteiger partial charge < -0.3 is 4.74 Å². The fourth-order valence-electron chi connectivity index (χ4n) is 4.09. The van der Waals surface area contributed by atoms with Gasteiger partial charge in [-0.05, 0) is 44.5 Å². The number of piperidine rings is 1. The molecule has 28 heavy (non-hydrogen) atoms. The Bertz CT molecular complexity index is 1040. The van der Waals surface area contributed by atoms with E-state index in [2.05, 4.69) is 0 Å². The summed E-state index contributed by atoms with van der Waals surface area (Å²) in [6.45, 7) is 5.52. The predicted molar refractivity (Wildman–Crippen MR) is 110 cm³/mol. The van der Waals surface area contributed by atoms with Gasteiger partial charge in [-0.15, -0.1) is 21.6 Å². The lowest BCUT2D eigenvalue weighted by molar-refractivity contribution is -0.289. The van der Waals surface area contributed by atoms with Crippen molar-refractivity contribution in [1.82, 2.24) is 10.0 Å². The maximum absolute atomic E-state index is 13.0. The van der Waals surface area contributed by atoms with Crippen LogP contribution in [0.3, 0.4) is 0 Å². The Morgan fingerprint density at radius 2 is 1.79 bits per heavy atom. The van der Waals surface area contributed by atoms with E-state index in [1.807, 2.05) is 63.2 Å². The number of carbonyl (C=O) groups excluding carboxylic acids is 1. The molecule has 1 aromatic heterocycles. The first-order valence-corrected chi connectivity index (χ1v) is 10.1. The second-order valence-electron chi connectivity index (χ2n) is 8.20. The molecule has 0 aliphatic carbocycles. The Hall–Kier alpha value is -2.28. The van der Waals surface area contributed by atoms with E-state index in [9.17, 15) is 10.0 Å². The molecule has 2 heterocycles. The molecule has 0 amide bonds. The Kier molecular flexibility index (Phi) is 4.53. The molecule has 145 valence electrons. The number of rotatable bonds is 3. The summed E-state index contributed by atoms with van der Waals surface area (Å²) in [6, 6.07) is 13.7. The molecule has 1 unspecified atom stereocenters. The number of hydrogen-bond acceptors (Lipinski definition) is 5. The number of fused-ring (bicyclic) bond motifs is 1. The highest BCUT2D eigenvalue weighted by Crippen LogP contribution is 2.43. The first kappa shape index (κ1) is 19.1. The van der Waals surface area contributed by atoms with Crippen LogP contribution in [0.1, 0.15) is 39.2 Å². The molecular formula is C22H23N2O3S. The fraction of sp³-hybridized carbons (Fsp3) is 0.364. The smallest absolute Gasteiger partial charge is 0.137 e. The first-order valence-electron chi connectivity index (χ1n) is 9.28. The Labute approximate surface area is 168 Å². The standard InChI is InChI=1S/C22H23N2O3S/c1-21(2)12-16(25)13-22(3,24(21)26)15-7-5-14(6-8-15)20-23-18-10-9-17(27-4)11-19(18)28-20/h5-11H,12-13H2,1-4H3. The van der Waals surface area contributed by atoms with Crippen LogP contribution in [-0.4, -0.2) is 28.5 Å². The van der Waals surface area contributed by atoms with E-state index >= 15 is 0 Å². The van der Waals surface area contributed by atoms with Crippen LogP contribution in [0.4, 0.5) is 0 Å². The summed E-state index contributed by atoms with van der Waals surface area (Å²) >= 11 is 1.60. The van der Waals surface area contributed by atoms with Crippen molar-refractivity contribution in [3.8, 4) is 16.3 Å². The highest BCUT2D eigenvalue weighted by atomic mass is 32.1. The van der Waals surface area contributed by atoms with E-state index in [0.29, 0.717) is 6.42 Å². The molecule has 3 aromatic rings. The van der Waals surface area contributed by atoms with E-state index in [0.717, 1.165) is 37.2 Å². The number of benzene rings is 2. The Morgan fingerprint density at radius 1 is 1.07 bits per heavy atom. The van der Waals surface area contributed by atoms with Gasteiger partial charge in [0.15, 0.2) is 0 Å². The summed E-state index contributed by atoms with van der Waals surface area (Å²) in [6.07, 6.45) is 0.527. The van der Waals surface area contributed by atoms with Crippen molar-refractivity contribution < 1.29 is 14.7 Å². The minimum atomic E-state index is -0.849. The van der Waals surface area contributed by atoms with Gasteiger partial charge in [0, 0.05) is 18.4 Å². The maximum atomic E-state index is 13.0. The molecule has 1 aliphatic rings. The number of hydroxylamine groups is 2. The average Bonchev–Trinajstić information content (AvgIpc) is 3.09. The molecule has 1 aliphatic heterocycles. The first-order chi connectivity index (χ1) is 13.2. The number of ether oxygens (including phenoxy) is 1. The Balaban J connectivity index is 1.68. The van der Waals surface area contributed by atoms with Gasteiger partial charge in [-0.25, -0.2) is 4.98 Å². The average molecular weight is 396 g/mol. The zero-order chi connectivity index (χ0) is 20.1. The van der Waals surface area contributed by atoms with Crippen molar-refractivity contribution in [3.63, 3.8) is 0 Å². The molecule has 0 saturated carbocycles. The predicted octanol–water partition coefficient (Wildman–Crippen LogP) is 4.98. The van der Waals surface area contributed by atoms with Crippen LogP contribution in [0.5, 0.6) is 5.75 Å². The second-order valence-corrected chi connectivity index (χ2v) is 9.23. The molecule has 0 bridgehead atoms. The van der Waals surface area contributed by atoms with Crippen molar-refractivity contribution in [2.75, 3.05) is 7.11 Å². The van der Waals surface area contributed by atoms with Crippen molar-refractivity contribution in [3.05, 3.63) is 48.0 Å². The summed E-state index contributed by atoms with van der Waals surface area (Å²) in [5.74, 6) is 0.940. The summed E-state index contributed by atoms with van der Waals surface area (Å²) in [5.41, 5.74) is 1.23. The molecular weight excluding hydrogens is 372 g/mol. The SMILES string of the molecule is COc1ccc2nc(-c3ccc(C4(C)CC(=O)CC(C)(C)N4[O])cc3)sc2c1. The third kappa shape index (κ3) is 3.11. The number of Topliss-reactive ketones (excluding diaryl/α,β-unsaturated/α-hetero) is 1. The number of aromatic nitrogens is 1. The largest absolute Gasteiger partial charge is 0.497 e. The maximum Gasteiger partial charge on any atom is 0.137 e. The van der Waals surface area contributed by atoms with E-state index in [-0.39, 0.29) is 12.2 Å². The van der Waals surface area contributed by atoms with Crippen LogP contribution in [0.15, 0.2) is 42.5 Å². The third-order valence-corrected chi connectivity index (χ3v) is 6.59. The minimum absolute atomic E-state index is 0.129.